The first kappa shape index (κ1) is 19.8. The maximum atomic E-state index is 12.4. The van der Waals surface area contributed by atoms with Crippen LogP contribution in [0.4, 0.5) is 4.79 Å². The Morgan fingerprint density at radius 1 is 1.12 bits per heavy atom. The molecule has 0 aromatic heterocycles. The number of rotatable bonds is 4. The van der Waals surface area contributed by atoms with Gasteiger partial charge in [0.25, 0.3) is 0 Å². The lowest BCUT2D eigenvalue weighted by atomic mass is 10.1. The van der Waals surface area contributed by atoms with Gasteiger partial charge in [-0.05, 0) is 38.3 Å². The quantitative estimate of drug-likeness (QED) is 0.770. The van der Waals surface area contributed by atoms with Crippen molar-refractivity contribution in [2.45, 2.75) is 52.2 Å². The summed E-state index contributed by atoms with van der Waals surface area (Å²) in [7, 11) is 1.35. The molecule has 0 bridgehead atoms. The van der Waals surface area contributed by atoms with Crippen molar-refractivity contribution in [3.63, 3.8) is 0 Å². The zero-order valence-electron chi connectivity index (χ0n) is 15.8. The van der Waals surface area contributed by atoms with E-state index in [1.807, 2.05) is 24.3 Å². The minimum atomic E-state index is -0.626. The van der Waals surface area contributed by atoms with Crippen molar-refractivity contribution in [1.82, 2.24) is 10.0 Å². The lowest BCUT2D eigenvalue weighted by Crippen LogP contribution is -2.53. The zero-order chi connectivity index (χ0) is 19.3. The van der Waals surface area contributed by atoms with Crippen LogP contribution in [0.25, 0.3) is 0 Å². The van der Waals surface area contributed by atoms with Gasteiger partial charge in [-0.3, -0.25) is 9.59 Å². The van der Waals surface area contributed by atoms with Crippen LogP contribution in [0, 0.1) is 0 Å². The molecule has 7 heteroatoms. The number of carbonyl (C=O) groups is 3. The van der Waals surface area contributed by atoms with E-state index >= 15 is 0 Å². The predicted molar refractivity (Wildman–Crippen MR) is 94.9 cm³/mol. The number of carbonyl (C=O) groups excluding carboxylic acids is 3. The lowest BCUT2D eigenvalue weighted by molar-refractivity contribution is -0.155. The van der Waals surface area contributed by atoms with E-state index in [0.717, 1.165) is 11.1 Å². The van der Waals surface area contributed by atoms with Crippen LogP contribution in [-0.4, -0.2) is 47.2 Å². The summed E-state index contributed by atoms with van der Waals surface area (Å²) in [5, 5.41) is 2.81. The predicted octanol–water partition coefficient (Wildman–Crippen LogP) is 2.68. The van der Waals surface area contributed by atoms with Crippen LogP contribution in [0.5, 0.6) is 0 Å². The van der Waals surface area contributed by atoms with Gasteiger partial charge in [0.05, 0.1) is 20.1 Å². The van der Waals surface area contributed by atoms with Crippen LogP contribution in [-0.2, 0) is 32.0 Å². The molecular formula is C19H26N2O5. The number of nitrogens with zero attached hydrogens (tertiary/aromatic N) is 2. The fourth-order valence-corrected chi connectivity index (χ4v) is 2.62. The first-order valence-corrected chi connectivity index (χ1v) is 8.65. The second kappa shape index (κ2) is 8.21. The normalized spacial score (nSPS) is 15.0. The number of esters is 1. The molecule has 0 aliphatic carbocycles. The van der Waals surface area contributed by atoms with Crippen LogP contribution in [0.2, 0.25) is 0 Å². The van der Waals surface area contributed by atoms with E-state index < -0.39 is 11.7 Å². The highest BCUT2D eigenvalue weighted by Gasteiger charge is 2.33. The van der Waals surface area contributed by atoms with Crippen LogP contribution < -0.4 is 0 Å². The van der Waals surface area contributed by atoms with Gasteiger partial charge in [-0.1, -0.05) is 24.3 Å². The Morgan fingerprint density at radius 3 is 2.31 bits per heavy atom. The van der Waals surface area contributed by atoms with Crippen LogP contribution in [0.15, 0.2) is 24.3 Å². The van der Waals surface area contributed by atoms with Crippen LogP contribution in [0.1, 0.15) is 44.7 Å². The molecule has 7 nitrogen and oxygen atoms in total. The fourth-order valence-electron chi connectivity index (χ4n) is 2.62. The van der Waals surface area contributed by atoms with E-state index in [0.29, 0.717) is 19.4 Å². The van der Waals surface area contributed by atoms with Gasteiger partial charge in [0, 0.05) is 13.0 Å². The van der Waals surface area contributed by atoms with Crippen molar-refractivity contribution in [1.29, 1.82) is 0 Å². The summed E-state index contributed by atoms with van der Waals surface area (Å²) in [4.78, 5) is 36.1. The van der Waals surface area contributed by atoms with Gasteiger partial charge in [0.2, 0.25) is 5.91 Å². The van der Waals surface area contributed by atoms with Crippen molar-refractivity contribution >= 4 is 18.0 Å². The largest absolute Gasteiger partial charge is 0.469 e. The molecule has 1 aliphatic heterocycles. The molecule has 0 unspecified atom stereocenters. The molecule has 2 rings (SSSR count). The highest BCUT2D eigenvalue weighted by molar-refractivity contribution is 5.80. The van der Waals surface area contributed by atoms with E-state index in [4.69, 9.17) is 4.74 Å². The van der Waals surface area contributed by atoms with Crippen molar-refractivity contribution in [2.24, 2.45) is 0 Å². The van der Waals surface area contributed by atoms with Gasteiger partial charge in [0.1, 0.15) is 5.60 Å². The van der Waals surface area contributed by atoms with E-state index in [1.54, 1.807) is 20.8 Å². The molecule has 0 N–H and O–H groups in total. The summed E-state index contributed by atoms with van der Waals surface area (Å²) in [6, 6.07) is 7.32. The van der Waals surface area contributed by atoms with Gasteiger partial charge < -0.3 is 9.47 Å². The highest BCUT2D eigenvalue weighted by Crippen LogP contribution is 2.20. The minimum Gasteiger partial charge on any atom is -0.469 e. The molecule has 0 atom stereocenters. The van der Waals surface area contributed by atoms with Gasteiger partial charge in [-0.2, -0.15) is 0 Å². The van der Waals surface area contributed by atoms with E-state index in [1.165, 1.54) is 17.1 Å². The van der Waals surface area contributed by atoms with Crippen molar-refractivity contribution < 1.29 is 23.9 Å². The van der Waals surface area contributed by atoms with Crippen molar-refractivity contribution in [2.75, 3.05) is 13.7 Å². The molecule has 0 radical (unpaired) electrons. The fraction of sp³-hybridized carbons (Fsp3) is 0.526. The summed E-state index contributed by atoms with van der Waals surface area (Å²) < 4.78 is 10.1. The van der Waals surface area contributed by atoms with Gasteiger partial charge >= 0.3 is 12.1 Å². The third-order valence-electron chi connectivity index (χ3n) is 3.88. The molecule has 26 heavy (non-hydrogen) atoms. The molecule has 1 aromatic carbocycles. The third-order valence-corrected chi connectivity index (χ3v) is 3.88. The highest BCUT2D eigenvalue weighted by atomic mass is 16.6. The first-order valence-electron chi connectivity index (χ1n) is 8.65. The monoisotopic (exact) mass is 362 g/mol. The SMILES string of the molecule is COC(=O)Cc1ccc(CN2C(=O)CCCN2C(=O)OC(C)(C)C)cc1. The molecule has 142 valence electrons. The summed E-state index contributed by atoms with van der Waals surface area (Å²) in [6.07, 6.45) is 0.698. The zero-order valence-corrected chi connectivity index (χ0v) is 15.8. The Labute approximate surface area is 153 Å². The summed E-state index contributed by atoms with van der Waals surface area (Å²) >= 11 is 0. The Balaban J connectivity index is 2.09. The average molecular weight is 362 g/mol. The Morgan fingerprint density at radius 2 is 1.73 bits per heavy atom. The van der Waals surface area contributed by atoms with Gasteiger partial charge in [0.15, 0.2) is 0 Å². The Kier molecular flexibility index (Phi) is 6.23. The molecule has 0 saturated carbocycles. The van der Waals surface area contributed by atoms with Crippen LogP contribution >= 0.6 is 0 Å². The van der Waals surface area contributed by atoms with Crippen molar-refractivity contribution in [3.8, 4) is 0 Å². The molecule has 1 fully saturated rings. The second-order valence-corrected chi connectivity index (χ2v) is 7.23. The standard InChI is InChI=1S/C19H26N2O5/c1-19(2,3)26-18(24)20-11-5-6-16(22)21(20)13-15-9-7-14(8-10-15)12-17(23)25-4/h7-10H,5-6,11-13H2,1-4H3. The number of amides is 2. The summed E-state index contributed by atoms with van der Waals surface area (Å²) in [6.45, 7) is 6.10. The molecular weight excluding hydrogens is 336 g/mol. The van der Waals surface area contributed by atoms with Gasteiger partial charge in [-0.15, -0.1) is 0 Å². The van der Waals surface area contributed by atoms with Gasteiger partial charge in [-0.25, -0.2) is 14.8 Å². The number of hydrogen-bond donors (Lipinski definition) is 0. The average Bonchev–Trinajstić information content (AvgIpc) is 2.56. The second-order valence-electron chi connectivity index (χ2n) is 7.23. The van der Waals surface area contributed by atoms with Crippen molar-refractivity contribution in [3.05, 3.63) is 35.4 Å². The molecule has 1 aliphatic rings. The summed E-state index contributed by atoms with van der Waals surface area (Å²) in [5.41, 5.74) is 1.07. The topological polar surface area (TPSA) is 76.2 Å². The maximum absolute atomic E-state index is 12.4. The minimum absolute atomic E-state index is 0.110. The van der Waals surface area contributed by atoms with E-state index in [9.17, 15) is 14.4 Å². The van der Waals surface area contributed by atoms with E-state index in [-0.39, 0.29) is 24.8 Å². The number of hydrazine groups is 1. The third kappa shape index (κ3) is 5.47. The molecule has 1 saturated heterocycles. The maximum Gasteiger partial charge on any atom is 0.429 e. The van der Waals surface area contributed by atoms with Crippen LogP contribution in [0.3, 0.4) is 0 Å². The number of ether oxygens (including phenoxy) is 2. The molecule has 1 heterocycles. The molecule has 2 amide bonds. The molecule has 0 spiro atoms. The Bertz CT molecular complexity index is 664. The van der Waals surface area contributed by atoms with E-state index in [2.05, 4.69) is 4.74 Å². The number of benzene rings is 1. The number of methoxy groups -OCH3 is 1. The Hall–Kier alpha value is -2.57. The lowest BCUT2D eigenvalue weighted by Gasteiger charge is -2.38. The molecule has 1 aromatic rings. The number of hydrogen-bond acceptors (Lipinski definition) is 5. The first-order chi connectivity index (χ1) is 12.2. The summed E-state index contributed by atoms with van der Waals surface area (Å²) in [5.74, 6) is -0.416. The smallest absolute Gasteiger partial charge is 0.429 e.